The van der Waals surface area contributed by atoms with E-state index in [0.29, 0.717) is 17.7 Å². The highest BCUT2D eigenvalue weighted by molar-refractivity contribution is 6.61. The van der Waals surface area contributed by atoms with Crippen LogP contribution >= 0.6 is 0 Å². The van der Waals surface area contributed by atoms with Crippen molar-refractivity contribution in [2.24, 2.45) is 0 Å². The highest BCUT2D eigenvalue weighted by Crippen LogP contribution is 2.44. The van der Waals surface area contributed by atoms with E-state index in [1.165, 1.54) is 26.4 Å². The largest absolute Gasteiger partial charge is 0.497 e. The molecule has 0 atom stereocenters. The highest BCUT2D eigenvalue weighted by Gasteiger charge is 2.27. The summed E-state index contributed by atoms with van der Waals surface area (Å²) in [7, 11) is 1.09. The molecule has 0 spiro atoms. The first-order chi connectivity index (χ1) is 17.3. The number of carbonyl (C=O) groups is 1. The second kappa shape index (κ2) is 10.8. The number of amides is 1. The van der Waals surface area contributed by atoms with Crippen molar-refractivity contribution in [1.29, 1.82) is 0 Å². The van der Waals surface area contributed by atoms with Gasteiger partial charge in [-0.05, 0) is 82.3 Å². The summed E-state index contributed by atoms with van der Waals surface area (Å²) in [4.78, 5) is 16.8. The van der Waals surface area contributed by atoms with Gasteiger partial charge in [0.1, 0.15) is 17.3 Å². The van der Waals surface area contributed by atoms with Crippen molar-refractivity contribution in [1.82, 2.24) is 10.3 Å². The number of pyridine rings is 1. The molecule has 0 saturated heterocycles. The van der Waals surface area contributed by atoms with E-state index in [0.717, 1.165) is 27.8 Å². The molecule has 0 radical (unpaired) electrons. The fourth-order valence-electron chi connectivity index (χ4n) is 4.37. The zero-order valence-electron chi connectivity index (χ0n) is 20.2. The summed E-state index contributed by atoms with van der Waals surface area (Å²) in [6, 6.07) is 11.5. The van der Waals surface area contributed by atoms with Gasteiger partial charge in [-0.15, -0.1) is 0 Å². The Hall–Kier alpha value is -3.95. The maximum atomic E-state index is 14.2. The van der Waals surface area contributed by atoms with E-state index in [4.69, 9.17) is 9.47 Å². The van der Waals surface area contributed by atoms with Gasteiger partial charge in [0.25, 0.3) is 0 Å². The molecule has 1 amide bonds. The van der Waals surface area contributed by atoms with Crippen molar-refractivity contribution in [3.8, 4) is 11.5 Å². The molecule has 9 heteroatoms. The quantitative estimate of drug-likeness (QED) is 0.422. The number of carbonyl (C=O) groups excluding carboxylic acids is 1. The second-order valence-corrected chi connectivity index (χ2v) is 8.38. The molecule has 4 rings (SSSR count). The van der Waals surface area contributed by atoms with Gasteiger partial charge >= 0.3 is 7.12 Å². The van der Waals surface area contributed by atoms with E-state index in [-0.39, 0.29) is 35.1 Å². The average molecular weight is 488 g/mol. The predicted octanol–water partition coefficient (Wildman–Crippen LogP) is 2.95. The van der Waals surface area contributed by atoms with E-state index < -0.39 is 7.12 Å². The molecule has 184 valence electrons. The molecule has 7 nitrogen and oxygen atoms in total. The minimum Gasteiger partial charge on any atom is -0.497 e. The van der Waals surface area contributed by atoms with Crippen LogP contribution in [0.2, 0.25) is 0 Å². The molecule has 3 N–H and O–H groups in total. The smallest absolute Gasteiger partial charge is 0.496 e. The van der Waals surface area contributed by atoms with Crippen molar-refractivity contribution in [3.05, 3.63) is 88.5 Å². The predicted molar refractivity (Wildman–Crippen MR) is 137 cm³/mol. The van der Waals surface area contributed by atoms with Gasteiger partial charge in [0.05, 0.1) is 26.1 Å². The number of benzene rings is 2. The monoisotopic (exact) mass is 488 g/mol. The number of nitrogens with zero attached hydrogens (tertiary/aromatic N) is 1. The standard InChI is InChI=1S/C27H26BFN2O5/c1-16-21(9-18-10-24(35-2)27(28(33)34)25(11-18)36-3)20-7-6-19(29)12-23(20)22(16)13-26(32)31-15-17-5-4-8-30-14-17/h4-12,14,33-34H,13,15H2,1-3H3,(H,31,32). The highest BCUT2D eigenvalue weighted by atomic mass is 19.1. The molecule has 1 aromatic heterocycles. The molecule has 1 aliphatic carbocycles. The van der Waals surface area contributed by atoms with Crippen LogP contribution in [-0.2, 0) is 11.3 Å². The van der Waals surface area contributed by atoms with E-state index in [9.17, 15) is 19.2 Å². The van der Waals surface area contributed by atoms with E-state index in [2.05, 4.69) is 10.3 Å². The average Bonchev–Trinajstić information content (AvgIpc) is 3.12. The van der Waals surface area contributed by atoms with E-state index >= 15 is 0 Å². The lowest BCUT2D eigenvalue weighted by Crippen LogP contribution is -2.32. The fourth-order valence-corrected chi connectivity index (χ4v) is 4.37. The summed E-state index contributed by atoms with van der Waals surface area (Å²) in [6.07, 6.45) is 5.32. The van der Waals surface area contributed by atoms with Gasteiger partial charge in [0.2, 0.25) is 5.91 Å². The summed E-state index contributed by atoms with van der Waals surface area (Å²) in [5.41, 5.74) is 5.55. The van der Waals surface area contributed by atoms with Crippen molar-refractivity contribution in [2.45, 2.75) is 19.9 Å². The van der Waals surface area contributed by atoms with Gasteiger partial charge in [-0.1, -0.05) is 12.1 Å². The van der Waals surface area contributed by atoms with E-state index in [1.54, 1.807) is 36.7 Å². The van der Waals surface area contributed by atoms with Crippen molar-refractivity contribution >= 4 is 35.7 Å². The maximum Gasteiger partial charge on any atom is 0.496 e. The number of fused-ring (bicyclic) bond motifs is 1. The van der Waals surface area contributed by atoms with Gasteiger partial charge in [-0.2, -0.15) is 0 Å². The van der Waals surface area contributed by atoms with Gasteiger partial charge in [-0.25, -0.2) is 4.39 Å². The number of allylic oxidation sites excluding steroid dienone is 2. The molecule has 1 aliphatic rings. The minimum absolute atomic E-state index is 0.0855. The van der Waals surface area contributed by atoms with Crippen LogP contribution in [-0.4, -0.2) is 42.3 Å². The number of nitrogens with one attached hydrogen (secondary N) is 1. The van der Waals surface area contributed by atoms with Crippen LogP contribution in [0.4, 0.5) is 4.39 Å². The van der Waals surface area contributed by atoms with Gasteiger partial charge in [0, 0.05) is 18.9 Å². The van der Waals surface area contributed by atoms with Crippen molar-refractivity contribution in [3.63, 3.8) is 0 Å². The van der Waals surface area contributed by atoms with E-state index in [1.807, 2.05) is 19.1 Å². The Labute approximate surface area is 209 Å². The topological polar surface area (TPSA) is 101 Å². The van der Waals surface area contributed by atoms with Crippen LogP contribution < -0.4 is 20.3 Å². The van der Waals surface area contributed by atoms with Crippen LogP contribution in [0.25, 0.3) is 17.2 Å². The number of aromatic nitrogens is 1. The Morgan fingerprint density at radius 2 is 1.83 bits per heavy atom. The summed E-state index contributed by atoms with van der Waals surface area (Å²) in [5, 5.41) is 22.4. The summed E-state index contributed by atoms with van der Waals surface area (Å²) >= 11 is 0. The van der Waals surface area contributed by atoms with Crippen LogP contribution in [0.1, 0.15) is 35.6 Å². The number of rotatable bonds is 8. The molecule has 0 aliphatic heterocycles. The molecular formula is C27H26BFN2O5. The maximum absolute atomic E-state index is 14.2. The third-order valence-electron chi connectivity index (χ3n) is 6.14. The molecule has 0 unspecified atom stereocenters. The molecule has 1 heterocycles. The van der Waals surface area contributed by atoms with Gasteiger partial charge in [0.15, 0.2) is 0 Å². The minimum atomic E-state index is -1.77. The normalized spacial score (nSPS) is 13.6. The van der Waals surface area contributed by atoms with Crippen molar-refractivity contribution in [2.75, 3.05) is 14.2 Å². The second-order valence-electron chi connectivity index (χ2n) is 8.38. The Kier molecular flexibility index (Phi) is 7.52. The summed E-state index contributed by atoms with van der Waals surface area (Å²) in [5.74, 6) is -0.0645. The van der Waals surface area contributed by atoms with Crippen LogP contribution in [0, 0.1) is 5.82 Å². The lowest BCUT2D eigenvalue weighted by atomic mass is 9.78. The van der Waals surface area contributed by atoms with Crippen molar-refractivity contribution < 1.29 is 28.7 Å². The Morgan fingerprint density at radius 3 is 2.44 bits per heavy atom. The number of hydrogen-bond acceptors (Lipinski definition) is 6. The summed E-state index contributed by atoms with van der Waals surface area (Å²) < 4.78 is 24.9. The SMILES string of the molecule is COc1cc(C=C2C(C)=C(CC(=O)NCc3cccnc3)c3cc(F)ccc32)cc(OC)c1B(O)O. The molecule has 36 heavy (non-hydrogen) atoms. The Morgan fingerprint density at radius 1 is 1.11 bits per heavy atom. The third-order valence-corrected chi connectivity index (χ3v) is 6.14. The zero-order valence-corrected chi connectivity index (χ0v) is 20.2. The number of ether oxygens (including phenoxy) is 2. The third kappa shape index (κ3) is 5.17. The Bertz CT molecular complexity index is 1330. The Balaban J connectivity index is 1.70. The molecule has 0 fully saturated rings. The first-order valence-corrected chi connectivity index (χ1v) is 11.3. The van der Waals surface area contributed by atoms with Crippen LogP contribution in [0.15, 0.2) is 60.4 Å². The molecule has 3 aromatic rings. The molecule has 2 aromatic carbocycles. The van der Waals surface area contributed by atoms with Gasteiger partial charge in [-0.3, -0.25) is 9.78 Å². The van der Waals surface area contributed by atoms with Crippen LogP contribution in [0.3, 0.4) is 0 Å². The first kappa shape index (κ1) is 25.2. The number of methoxy groups -OCH3 is 2. The summed E-state index contributed by atoms with van der Waals surface area (Å²) in [6.45, 7) is 2.24. The lowest BCUT2D eigenvalue weighted by molar-refractivity contribution is -0.120. The fraction of sp³-hybridized carbons (Fsp3) is 0.185. The number of halogens is 1. The molecular weight excluding hydrogens is 462 g/mol. The molecule has 0 saturated carbocycles. The molecule has 0 bridgehead atoms. The number of hydrogen-bond donors (Lipinski definition) is 3. The lowest BCUT2D eigenvalue weighted by Gasteiger charge is -2.14. The van der Waals surface area contributed by atoms with Crippen LogP contribution in [0.5, 0.6) is 11.5 Å². The zero-order chi connectivity index (χ0) is 25.8. The van der Waals surface area contributed by atoms with Gasteiger partial charge < -0.3 is 24.8 Å². The first-order valence-electron chi connectivity index (χ1n) is 11.3.